The Balaban J connectivity index is 0.000000260. The molecule has 2 fully saturated rings. The van der Waals surface area contributed by atoms with Gasteiger partial charge in [-0.05, 0) is 147 Å². The van der Waals surface area contributed by atoms with Crippen LogP contribution in [0.5, 0.6) is 0 Å². The Hall–Kier alpha value is -3.77. The summed E-state index contributed by atoms with van der Waals surface area (Å²) in [7, 11) is 8.41. The number of nitrogens with one attached hydrogen (secondary N) is 1. The van der Waals surface area contributed by atoms with Gasteiger partial charge in [-0.1, -0.05) is 53.6 Å². The number of carbonyl (C=O) groups excluding carboxylic acids is 1. The van der Waals surface area contributed by atoms with Crippen molar-refractivity contribution in [2.24, 2.45) is 5.73 Å². The van der Waals surface area contributed by atoms with Crippen molar-refractivity contribution >= 4 is 17.5 Å². The lowest BCUT2D eigenvalue weighted by molar-refractivity contribution is -0.143. The molecule has 0 atom stereocenters. The number of nitrogens with zero attached hydrogens (tertiary/aromatic N) is 4. The van der Waals surface area contributed by atoms with Gasteiger partial charge in [-0.3, -0.25) is 4.79 Å². The van der Waals surface area contributed by atoms with E-state index in [0.29, 0.717) is 23.9 Å². The van der Waals surface area contributed by atoms with Crippen molar-refractivity contribution in [2.75, 3.05) is 28.2 Å². The minimum Gasteiger partial charge on any atom is -0.349 e. The molecule has 12 heteroatoms. The Morgan fingerprint density at radius 2 is 1.31 bits per heavy atom. The van der Waals surface area contributed by atoms with Gasteiger partial charge in [0.2, 0.25) is 0 Å². The third-order valence-electron chi connectivity index (χ3n) is 11.6. The van der Waals surface area contributed by atoms with Crippen LogP contribution in [0.25, 0.3) is 5.69 Å². The zero-order valence-corrected chi connectivity index (χ0v) is 32.7. The molecule has 0 bridgehead atoms. The van der Waals surface area contributed by atoms with Crippen LogP contribution >= 0.6 is 11.6 Å². The molecule has 7 nitrogen and oxygen atoms in total. The van der Waals surface area contributed by atoms with E-state index in [1.165, 1.54) is 41.0 Å². The van der Waals surface area contributed by atoms with Gasteiger partial charge in [-0.15, -0.1) is 0 Å². The Kier molecular flexibility index (Phi) is 13.3. The van der Waals surface area contributed by atoms with E-state index in [9.17, 15) is 22.4 Å². The van der Waals surface area contributed by atoms with Crippen LogP contribution in [0.2, 0.25) is 5.02 Å². The Bertz CT molecular complexity index is 1810. The van der Waals surface area contributed by atoms with Gasteiger partial charge in [-0.25, -0.2) is 9.07 Å². The number of likely N-dealkylation sites (N-methyl/N-ethyl adjacent to an activating group) is 2. The van der Waals surface area contributed by atoms with Gasteiger partial charge in [-0.2, -0.15) is 18.3 Å². The highest BCUT2D eigenvalue weighted by molar-refractivity contribution is 6.30. The smallest absolute Gasteiger partial charge is 0.349 e. The summed E-state index contributed by atoms with van der Waals surface area (Å²) in [5, 5.41) is 7.11. The van der Waals surface area contributed by atoms with Gasteiger partial charge in [0.25, 0.3) is 5.91 Å². The summed E-state index contributed by atoms with van der Waals surface area (Å²) in [6, 6.07) is 21.4. The summed E-state index contributed by atoms with van der Waals surface area (Å²) in [5.41, 5.74) is 8.39. The van der Waals surface area contributed by atoms with E-state index in [4.69, 9.17) is 17.3 Å². The van der Waals surface area contributed by atoms with Crippen LogP contribution in [0.15, 0.2) is 79.0 Å². The molecule has 2 aliphatic rings. The second-order valence-electron chi connectivity index (χ2n) is 15.6. The first-order chi connectivity index (χ1) is 25.5. The number of hydrogen-bond donors (Lipinski definition) is 2. The Morgan fingerprint density at radius 1 is 0.833 bits per heavy atom. The van der Waals surface area contributed by atoms with Gasteiger partial charge >= 0.3 is 6.18 Å². The van der Waals surface area contributed by atoms with Gasteiger partial charge in [0.05, 0.1) is 17.4 Å². The predicted octanol–water partition coefficient (Wildman–Crippen LogP) is 8.64. The van der Waals surface area contributed by atoms with Crippen LogP contribution in [-0.2, 0) is 19.0 Å². The minimum absolute atomic E-state index is 0.0624. The van der Waals surface area contributed by atoms with Crippen molar-refractivity contribution in [1.29, 1.82) is 0 Å². The fraction of sp³-hybridized carbons (Fsp3) is 0.476. The van der Waals surface area contributed by atoms with Crippen LogP contribution < -0.4 is 11.1 Å². The minimum atomic E-state index is -4.76. The largest absolute Gasteiger partial charge is 0.434 e. The molecule has 2 saturated carbocycles. The molecule has 3 aromatic carbocycles. The summed E-state index contributed by atoms with van der Waals surface area (Å²) in [6.07, 6.45) is 5.52. The average Bonchev–Trinajstić information content (AvgIpc) is 3.59. The number of nitrogens with two attached hydrogens (primary N) is 1. The van der Waals surface area contributed by atoms with Crippen LogP contribution in [0.1, 0.15) is 84.1 Å². The van der Waals surface area contributed by atoms with E-state index in [1.807, 2.05) is 12.1 Å². The topological polar surface area (TPSA) is 79.4 Å². The molecule has 0 radical (unpaired) electrons. The SMILES string of the molecule is CN(C)C1(Cc2ccc(F)cc2)CCC(N)CC1.Cc1ccc(CC2(N(C)C)CCC(NC(=O)c3cnn(-c4ccc(Cl)cc4)c3C(F)(F)F)CC2)cc1. The number of carbonyl (C=O) groups is 1. The van der Waals surface area contributed by atoms with Crippen LogP contribution in [-0.4, -0.2) is 76.8 Å². The Labute approximate surface area is 321 Å². The third kappa shape index (κ3) is 10.1. The lowest BCUT2D eigenvalue weighted by atomic mass is 9.74. The number of halogens is 5. The van der Waals surface area contributed by atoms with Gasteiger partial charge in [0.15, 0.2) is 5.69 Å². The molecule has 0 saturated heterocycles. The first kappa shape index (κ1) is 41.4. The molecule has 1 heterocycles. The lowest BCUT2D eigenvalue weighted by Gasteiger charge is -2.45. The van der Waals surface area contributed by atoms with Crippen molar-refractivity contribution in [2.45, 2.75) is 100 Å². The number of amides is 1. The van der Waals surface area contributed by atoms with Gasteiger partial charge < -0.3 is 20.9 Å². The zero-order chi connectivity index (χ0) is 39.3. The summed E-state index contributed by atoms with van der Waals surface area (Å²) >= 11 is 5.86. The first-order valence-corrected chi connectivity index (χ1v) is 19.0. The maximum absolute atomic E-state index is 14.0. The fourth-order valence-electron chi connectivity index (χ4n) is 7.94. The highest BCUT2D eigenvalue weighted by atomic mass is 35.5. The number of benzene rings is 3. The molecule has 292 valence electrons. The van der Waals surface area contributed by atoms with E-state index >= 15 is 0 Å². The summed E-state index contributed by atoms with van der Waals surface area (Å²) in [4.78, 5) is 17.6. The van der Waals surface area contributed by atoms with E-state index in [2.05, 4.69) is 79.6 Å². The number of hydrogen-bond acceptors (Lipinski definition) is 5. The number of alkyl halides is 3. The molecule has 0 aliphatic heterocycles. The van der Waals surface area contributed by atoms with E-state index < -0.39 is 23.3 Å². The molecule has 1 aromatic heterocycles. The highest BCUT2D eigenvalue weighted by Gasteiger charge is 2.42. The normalized spacial score (nSPS) is 23.2. The number of rotatable bonds is 9. The second kappa shape index (κ2) is 17.4. The van der Waals surface area contributed by atoms with Crippen LogP contribution in [0.4, 0.5) is 17.6 Å². The first-order valence-electron chi connectivity index (χ1n) is 18.6. The summed E-state index contributed by atoms with van der Waals surface area (Å²) in [6.45, 7) is 2.06. The highest BCUT2D eigenvalue weighted by Crippen LogP contribution is 2.38. The quantitative estimate of drug-likeness (QED) is 0.167. The number of aryl methyl sites for hydroxylation is 1. The summed E-state index contributed by atoms with van der Waals surface area (Å²) < 4.78 is 55.7. The van der Waals surface area contributed by atoms with Crippen LogP contribution in [0.3, 0.4) is 0 Å². The zero-order valence-electron chi connectivity index (χ0n) is 31.9. The van der Waals surface area contributed by atoms with Gasteiger partial charge in [0, 0.05) is 28.2 Å². The molecule has 0 unspecified atom stereocenters. The molecule has 0 spiro atoms. The average molecular weight is 769 g/mol. The predicted molar refractivity (Wildman–Crippen MR) is 208 cm³/mol. The third-order valence-corrected chi connectivity index (χ3v) is 11.8. The molecule has 6 rings (SSSR count). The van der Waals surface area contributed by atoms with Gasteiger partial charge in [0.1, 0.15) is 5.82 Å². The monoisotopic (exact) mass is 768 g/mol. The van der Waals surface area contributed by atoms with E-state index in [0.717, 1.165) is 62.2 Å². The van der Waals surface area contributed by atoms with E-state index in [1.54, 1.807) is 12.1 Å². The van der Waals surface area contributed by atoms with E-state index in [-0.39, 0.29) is 28.6 Å². The fourth-order valence-corrected chi connectivity index (χ4v) is 8.06. The van der Waals surface area contributed by atoms with Crippen molar-refractivity contribution in [3.63, 3.8) is 0 Å². The second-order valence-corrected chi connectivity index (χ2v) is 16.0. The van der Waals surface area contributed by atoms with Crippen LogP contribution in [0, 0.1) is 12.7 Å². The maximum atomic E-state index is 14.0. The Morgan fingerprint density at radius 3 is 1.80 bits per heavy atom. The van der Waals surface area contributed by atoms with Crippen molar-refractivity contribution in [3.8, 4) is 5.69 Å². The maximum Gasteiger partial charge on any atom is 0.434 e. The molecule has 1 amide bonds. The lowest BCUT2D eigenvalue weighted by Crippen LogP contribution is -2.52. The molecule has 54 heavy (non-hydrogen) atoms. The van der Waals surface area contributed by atoms with Crippen molar-refractivity contribution < 1.29 is 22.4 Å². The van der Waals surface area contributed by atoms with Crippen molar-refractivity contribution in [1.82, 2.24) is 24.9 Å². The van der Waals surface area contributed by atoms with Crippen molar-refractivity contribution in [3.05, 3.63) is 118 Å². The molecule has 4 aromatic rings. The molecular weight excluding hydrogens is 716 g/mol. The standard InChI is InChI=1S/C27H30ClF3N4O.C15H23FN2/c1-18-4-6-19(7-5-18)16-26(34(2)3)14-12-21(13-15-26)33-25(36)23-17-32-35(24(23)27(29,30)31)22-10-8-20(28)9-11-22;1-18(2)15(9-7-14(17)8-10-15)11-12-3-5-13(16)6-4-12/h4-11,17,21H,12-16H2,1-3H3,(H,33,36);3-6,14H,7-11,17H2,1-2H3. The molecule has 3 N–H and O–H groups in total. The molecular formula is C42H53ClF4N6O. The summed E-state index contributed by atoms with van der Waals surface area (Å²) in [5.74, 6) is -0.924. The number of aromatic nitrogens is 2. The molecule has 2 aliphatic carbocycles.